The molecule has 4 rings (SSSR count). The van der Waals surface area contributed by atoms with Gasteiger partial charge in [-0.3, -0.25) is 9.36 Å². The van der Waals surface area contributed by atoms with Crippen molar-refractivity contribution < 1.29 is 9.90 Å². The largest absolute Gasteiger partial charge is 0.391 e. The average Bonchev–Trinajstić information content (AvgIpc) is 3.28. The summed E-state index contributed by atoms with van der Waals surface area (Å²) in [6.07, 6.45) is 5.03. The van der Waals surface area contributed by atoms with E-state index in [0.717, 1.165) is 0 Å². The number of hydrogen-bond donors (Lipinski definition) is 2. The lowest BCUT2D eigenvalue weighted by Crippen LogP contribution is -2.15. The highest BCUT2D eigenvalue weighted by Gasteiger charge is 2.13. The van der Waals surface area contributed by atoms with Crippen LogP contribution in [0.5, 0.6) is 0 Å². The Bertz CT molecular complexity index is 1180. The highest BCUT2D eigenvalue weighted by Crippen LogP contribution is 2.21. The molecule has 0 atom stereocenters. The Kier molecular flexibility index (Phi) is 4.42. The Morgan fingerprint density at radius 1 is 1.31 bits per heavy atom. The van der Waals surface area contributed by atoms with Gasteiger partial charge < -0.3 is 10.1 Å². The molecule has 1 aromatic carbocycles. The maximum absolute atomic E-state index is 12.8. The number of fused-ring (bicyclic) bond motifs is 1. The molecule has 0 fully saturated rings. The molecule has 0 radical (unpaired) electrons. The zero-order chi connectivity index (χ0) is 18.1. The number of aliphatic hydroxyl groups excluding tert-OH is 1. The Labute approximate surface area is 157 Å². The summed E-state index contributed by atoms with van der Waals surface area (Å²) in [5.74, 6) is -0.385. The van der Waals surface area contributed by atoms with Crippen LogP contribution in [0.25, 0.3) is 16.7 Å². The van der Waals surface area contributed by atoms with Crippen molar-refractivity contribution >= 4 is 39.9 Å². The van der Waals surface area contributed by atoms with Crippen molar-refractivity contribution in [1.29, 1.82) is 0 Å². The molecule has 6 nitrogen and oxygen atoms in total. The average molecular weight is 385 g/mol. The fourth-order valence-corrected chi connectivity index (χ4v) is 3.72. The van der Waals surface area contributed by atoms with Gasteiger partial charge >= 0.3 is 0 Å². The van der Waals surface area contributed by atoms with Crippen molar-refractivity contribution in [2.75, 3.05) is 0 Å². The molecule has 0 unspecified atom stereocenters. The number of aromatic nitrogens is 3. The molecule has 1 amide bonds. The molecule has 26 heavy (non-hydrogen) atoms. The van der Waals surface area contributed by atoms with Gasteiger partial charge in [0.05, 0.1) is 27.8 Å². The number of amides is 1. The number of para-hydroxylation sites is 1. The van der Waals surface area contributed by atoms with Crippen LogP contribution < -0.4 is 4.80 Å². The second-order valence-corrected chi connectivity index (χ2v) is 6.98. The summed E-state index contributed by atoms with van der Waals surface area (Å²) < 4.78 is 1.71. The minimum absolute atomic E-state index is 0.143. The number of thiazole rings is 1. The van der Waals surface area contributed by atoms with Crippen molar-refractivity contribution in [3.8, 4) is 5.69 Å². The first-order chi connectivity index (χ1) is 12.7. The summed E-state index contributed by atoms with van der Waals surface area (Å²) in [6, 6.07) is 10.7. The predicted octanol–water partition coefficient (Wildman–Crippen LogP) is 3.30. The maximum atomic E-state index is 12.8. The number of rotatable bonds is 3. The van der Waals surface area contributed by atoms with Crippen LogP contribution >= 0.6 is 22.9 Å². The molecule has 2 N–H and O–H groups in total. The van der Waals surface area contributed by atoms with Gasteiger partial charge in [0, 0.05) is 24.0 Å². The Morgan fingerprint density at radius 3 is 2.96 bits per heavy atom. The fourth-order valence-electron chi connectivity index (χ4n) is 2.66. The van der Waals surface area contributed by atoms with Gasteiger partial charge in [0.15, 0.2) is 4.80 Å². The molecule has 0 aliphatic rings. The summed E-state index contributed by atoms with van der Waals surface area (Å²) >= 11 is 7.52. The SMILES string of the molecule is O=C(/N=c1\sc(CO)cn1-c1ccccc1Cl)c1ccnc2[nH]ccc12. The van der Waals surface area contributed by atoms with E-state index >= 15 is 0 Å². The zero-order valence-corrected chi connectivity index (χ0v) is 15.0. The number of pyridine rings is 1. The summed E-state index contributed by atoms with van der Waals surface area (Å²) in [7, 11) is 0. The second kappa shape index (κ2) is 6.87. The van der Waals surface area contributed by atoms with Gasteiger partial charge in [0.2, 0.25) is 0 Å². The van der Waals surface area contributed by atoms with Gasteiger partial charge in [0.1, 0.15) is 5.65 Å². The normalized spacial score (nSPS) is 12.0. The predicted molar refractivity (Wildman–Crippen MR) is 101 cm³/mol. The van der Waals surface area contributed by atoms with E-state index in [1.165, 1.54) is 11.3 Å². The summed E-state index contributed by atoms with van der Waals surface area (Å²) in [5, 5.41) is 10.7. The fraction of sp³-hybridized carbons (Fsp3) is 0.0556. The van der Waals surface area contributed by atoms with Crippen LogP contribution in [0.15, 0.2) is 60.0 Å². The topological polar surface area (TPSA) is 83.3 Å². The second-order valence-electron chi connectivity index (χ2n) is 5.47. The molecular weight excluding hydrogens is 372 g/mol. The van der Waals surface area contributed by atoms with Crippen LogP contribution in [0.1, 0.15) is 15.2 Å². The number of nitrogens with zero attached hydrogens (tertiary/aromatic N) is 3. The first kappa shape index (κ1) is 16.7. The van der Waals surface area contributed by atoms with E-state index in [0.29, 0.717) is 37.0 Å². The van der Waals surface area contributed by atoms with Crippen LogP contribution in [0, 0.1) is 0 Å². The van der Waals surface area contributed by atoms with E-state index in [9.17, 15) is 9.90 Å². The number of H-pyrrole nitrogens is 1. The first-order valence-corrected chi connectivity index (χ1v) is 8.95. The van der Waals surface area contributed by atoms with Gasteiger partial charge in [-0.2, -0.15) is 4.99 Å². The van der Waals surface area contributed by atoms with Crippen LogP contribution in [0.4, 0.5) is 0 Å². The Hall–Kier alpha value is -2.74. The Balaban J connectivity index is 1.87. The number of hydrogen-bond acceptors (Lipinski definition) is 4. The monoisotopic (exact) mass is 384 g/mol. The van der Waals surface area contributed by atoms with Crippen LogP contribution in [0.3, 0.4) is 0 Å². The van der Waals surface area contributed by atoms with Crippen LogP contribution in [0.2, 0.25) is 5.02 Å². The molecular formula is C18H13ClN4O2S. The molecule has 3 heterocycles. The number of halogens is 1. The van der Waals surface area contributed by atoms with E-state index in [4.69, 9.17) is 11.6 Å². The van der Waals surface area contributed by atoms with Gasteiger partial charge in [-0.15, -0.1) is 0 Å². The molecule has 0 saturated carbocycles. The number of aliphatic hydroxyl groups is 1. The van der Waals surface area contributed by atoms with Crippen molar-refractivity contribution in [3.05, 3.63) is 75.3 Å². The van der Waals surface area contributed by atoms with E-state index in [1.54, 1.807) is 41.4 Å². The molecule has 4 aromatic rings. The van der Waals surface area contributed by atoms with Gasteiger partial charge in [0.25, 0.3) is 5.91 Å². The molecule has 0 saturated heterocycles. The van der Waals surface area contributed by atoms with Crippen LogP contribution in [-0.4, -0.2) is 25.5 Å². The molecule has 0 bridgehead atoms. The van der Waals surface area contributed by atoms with E-state index < -0.39 is 0 Å². The minimum atomic E-state index is -0.385. The van der Waals surface area contributed by atoms with Crippen molar-refractivity contribution in [2.24, 2.45) is 4.99 Å². The summed E-state index contributed by atoms with van der Waals surface area (Å²) in [4.78, 5) is 25.3. The van der Waals surface area contributed by atoms with Crippen molar-refractivity contribution in [1.82, 2.24) is 14.5 Å². The van der Waals surface area contributed by atoms with E-state index in [1.807, 2.05) is 18.2 Å². The molecule has 0 aliphatic carbocycles. The van der Waals surface area contributed by atoms with Crippen LogP contribution in [-0.2, 0) is 6.61 Å². The maximum Gasteiger partial charge on any atom is 0.280 e. The number of benzene rings is 1. The number of carbonyl (C=O) groups is 1. The highest BCUT2D eigenvalue weighted by atomic mass is 35.5. The Morgan fingerprint density at radius 2 is 2.15 bits per heavy atom. The van der Waals surface area contributed by atoms with E-state index in [2.05, 4.69) is 15.0 Å². The highest BCUT2D eigenvalue weighted by molar-refractivity contribution is 7.09. The third-order valence-electron chi connectivity index (χ3n) is 3.86. The molecule has 8 heteroatoms. The lowest BCUT2D eigenvalue weighted by Gasteiger charge is -2.05. The number of carbonyl (C=O) groups excluding carboxylic acids is 1. The van der Waals surface area contributed by atoms with E-state index in [-0.39, 0.29) is 12.5 Å². The standard InChI is InChI=1S/C18H13ClN4O2S/c19-14-3-1-2-4-15(14)23-9-11(10-24)26-18(23)22-17(25)13-6-8-21-16-12(13)5-7-20-16/h1-9,24H,10H2,(H,20,21)/b22-18-. The molecule has 3 aromatic heterocycles. The van der Waals surface area contributed by atoms with Crippen molar-refractivity contribution in [3.63, 3.8) is 0 Å². The van der Waals surface area contributed by atoms with Crippen molar-refractivity contribution in [2.45, 2.75) is 6.61 Å². The zero-order valence-electron chi connectivity index (χ0n) is 13.4. The molecule has 130 valence electrons. The molecule has 0 spiro atoms. The lowest BCUT2D eigenvalue weighted by molar-refractivity contribution is 0.0999. The number of nitrogens with one attached hydrogen (secondary N) is 1. The quantitative estimate of drug-likeness (QED) is 0.568. The lowest BCUT2D eigenvalue weighted by atomic mass is 10.2. The third-order valence-corrected chi connectivity index (χ3v) is 5.14. The smallest absolute Gasteiger partial charge is 0.280 e. The minimum Gasteiger partial charge on any atom is -0.391 e. The van der Waals surface area contributed by atoms with Gasteiger partial charge in [-0.25, -0.2) is 4.98 Å². The molecule has 0 aliphatic heterocycles. The first-order valence-electron chi connectivity index (χ1n) is 7.75. The summed E-state index contributed by atoms with van der Waals surface area (Å²) in [5.41, 5.74) is 1.78. The van der Waals surface area contributed by atoms with Gasteiger partial charge in [-0.1, -0.05) is 35.1 Å². The number of aromatic amines is 1. The van der Waals surface area contributed by atoms with Gasteiger partial charge in [-0.05, 0) is 24.3 Å². The summed E-state index contributed by atoms with van der Waals surface area (Å²) in [6.45, 7) is -0.143. The third kappa shape index (κ3) is 2.96.